The number of benzene rings is 2. The van der Waals surface area contributed by atoms with Gasteiger partial charge in [0.2, 0.25) is 5.95 Å². The molecule has 0 bridgehead atoms. The lowest BCUT2D eigenvalue weighted by molar-refractivity contribution is 0.186. The Bertz CT molecular complexity index is 1100. The average Bonchev–Trinajstić information content (AvgIpc) is 3.22. The van der Waals surface area contributed by atoms with E-state index in [2.05, 4.69) is 25.0 Å². The number of nitrogens with two attached hydrogens (primary N) is 1. The number of ether oxygens (including phenoxy) is 2. The SMILES string of the molecule is COC(=O)Nc1nc2ccccc2[nH]1.Cn1c(OC(N)=O)nc2ccccc21. The van der Waals surface area contributed by atoms with Gasteiger partial charge in [-0.15, -0.1) is 0 Å². The number of primary amides is 1. The molecule has 0 radical (unpaired) electrons. The third-order valence-corrected chi connectivity index (χ3v) is 3.73. The summed E-state index contributed by atoms with van der Waals surface area (Å²) in [6.07, 6.45) is -1.40. The van der Waals surface area contributed by atoms with Gasteiger partial charge in [-0.25, -0.2) is 14.6 Å². The van der Waals surface area contributed by atoms with Crippen LogP contribution < -0.4 is 15.8 Å². The molecule has 28 heavy (non-hydrogen) atoms. The van der Waals surface area contributed by atoms with E-state index in [0.29, 0.717) is 5.95 Å². The van der Waals surface area contributed by atoms with E-state index < -0.39 is 12.2 Å². The summed E-state index contributed by atoms with van der Waals surface area (Å²) >= 11 is 0. The van der Waals surface area contributed by atoms with E-state index in [-0.39, 0.29) is 6.01 Å². The smallest absolute Gasteiger partial charge is 0.413 e. The molecule has 2 heterocycles. The van der Waals surface area contributed by atoms with Crippen molar-refractivity contribution in [2.24, 2.45) is 12.8 Å². The Hall–Kier alpha value is -4.08. The number of aromatic nitrogens is 4. The summed E-state index contributed by atoms with van der Waals surface area (Å²) < 4.78 is 10.8. The molecule has 0 unspecified atom stereocenters. The molecule has 10 nitrogen and oxygen atoms in total. The number of hydrogen-bond acceptors (Lipinski definition) is 6. The summed E-state index contributed by atoms with van der Waals surface area (Å²) in [5, 5.41) is 2.45. The molecule has 0 saturated carbocycles. The maximum Gasteiger partial charge on any atom is 0.413 e. The second-order valence-electron chi connectivity index (χ2n) is 5.58. The van der Waals surface area contributed by atoms with E-state index in [1.807, 2.05) is 48.5 Å². The number of methoxy groups -OCH3 is 1. The number of carbonyl (C=O) groups excluding carboxylic acids is 2. The Kier molecular flexibility index (Phi) is 5.40. The molecule has 4 aromatic rings. The molecule has 144 valence electrons. The molecule has 0 spiro atoms. The highest BCUT2D eigenvalue weighted by Crippen LogP contribution is 2.19. The van der Waals surface area contributed by atoms with E-state index in [9.17, 15) is 9.59 Å². The normalized spacial score (nSPS) is 10.2. The first-order valence-corrected chi connectivity index (χ1v) is 8.16. The van der Waals surface area contributed by atoms with Gasteiger partial charge in [-0.05, 0) is 24.3 Å². The van der Waals surface area contributed by atoms with Gasteiger partial charge >= 0.3 is 18.2 Å². The standard InChI is InChI=1S/2C9H9N3O2/c1-12-7-5-3-2-4-6(7)11-9(12)14-8(10)13;1-14-9(13)12-8-10-6-4-2-3-5-7(6)11-8/h2-5H,1H3,(H2,10,13);2-5H,1H3,(H2,10,11,12,13). The van der Waals surface area contributed by atoms with Crippen LogP contribution in [0.1, 0.15) is 0 Å². The fraction of sp³-hybridized carbons (Fsp3) is 0.111. The summed E-state index contributed by atoms with van der Waals surface area (Å²) in [5.41, 5.74) is 8.24. The number of fused-ring (bicyclic) bond motifs is 2. The lowest BCUT2D eigenvalue weighted by atomic mass is 10.3. The van der Waals surface area contributed by atoms with Crippen molar-refractivity contribution in [2.75, 3.05) is 12.4 Å². The van der Waals surface area contributed by atoms with Crippen molar-refractivity contribution in [3.05, 3.63) is 48.5 Å². The van der Waals surface area contributed by atoms with Crippen LogP contribution in [0.5, 0.6) is 6.01 Å². The van der Waals surface area contributed by atoms with E-state index in [0.717, 1.165) is 22.1 Å². The van der Waals surface area contributed by atoms with Crippen molar-refractivity contribution >= 4 is 40.2 Å². The summed E-state index contributed by atoms with van der Waals surface area (Å²) in [7, 11) is 3.06. The molecule has 0 aliphatic carbocycles. The van der Waals surface area contributed by atoms with E-state index in [1.165, 1.54) is 7.11 Å². The maximum atomic E-state index is 10.9. The summed E-state index contributed by atoms with van der Waals surface area (Å²) in [5.74, 6) is 0.387. The maximum absolute atomic E-state index is 10.9. The minimum absolute atomic E-state index is 0.207. The van der Waals surface area contributed by atoms with E-state index >= 15 is 0 Å². The molecule has 2 aromatic carbocycles. The Morgan fingerprint density at radius 1 is 1.07 bits per heavy atom. The minimum Gasteiger partial charge on any atom is -0.453 e. The van der Waals surface area contributed by atoms with Gasteiger partial charge < -0.3 is 20.2 Å². The van der Waals surface area contributed by atoms with Crippen LogP contribution in [0.25, 0.3) is 22.1 Å². The van der Waals surface area contributed by atoms with Gasteiger partial charge in [0.1, 0.15) is 0 Å². The van der Waals surface area contributed by atoms with Crippen LogP contribution in [0.2, 0.25) is 0 Å². The van der Waals surface area contributed by atoms with Crippen molar-refractivity contribution in [1.82, 2.24) is 19.5 Å². The zero-order valence-electron chi connectivity index (χ0n) is 15.2. The van der Waals surface area contributed by atoms with Crippen LogP contribution in [0.3, 0.4) is 0 Å². The third kappa shape index (κ3) is 4.18. The largest absolute Gasteiger partial charge is 0.453 e. The number of imidazole rings is 2. The first kappa shape index (κ1) is 18.7. The van der Waals surface area contributed by atoms with Crippen molar-refractivity contribution in [2.45, 2.75) is 0 Å². The zero-order chi connectivity index (χ0) is 20.1. The number of rotatable bonds is 2. The van der Waals surface area contributed by atoms with Crippen LogP contribution in [0.4, 0.5) is 15.5 Å². The Morgan fingerprint density at radius 3 is 2.39 bits per heavy atom. The quantitative estimate of drug-likeness (QED) is 0.487. The summed E-state index contributed by atoms with van der Waals surface area (Å²) in [6, 6.07) is 15.2. The molecule has 0 saturated heterocycles. The number of nitrogens with one attached hydrogen (secondary N) is 2. The Balaban J connectivity index is 0.000000161. The number of aromatic amines is 1. The highest BCUT2D eigenvalue weighted by Gasteiger charge is 2.09. The van der Waals surface area contributed by atoms with Crippen LogP contribution in [-0.4, -0.2) is 38.8 Å². The molecule has 2 amide bonds. The van der Waals surface area contributed by atoms with Crippen molar-refractivity contribution < 1.29 is 19.1 Å². The highest BCUT2D eigenvalue weighted by atomic mass is 16.6. The van der Waals surface area contributed by atoms with Gasteiger partial charge in [-0.2, -0.15) is 4.98 Å². The number of para-hydroxylation sites is 4. The third-order valence-electron chi connectivity index (χ3n) is 3.73. The topological polar surface area (TPSA) is 137 Å². The van der Waals surface area contributed by atoms with Gasteiger partial charge in [0.25, 0.3) is 0 Å². The van der Waals surface area contributed by atoms with Crippen LogP contribution >= 0.6 is 0 Å². The molecule has 0 fully saturated rings. The number of hydrogen-bond donors (Lipinski definition) is 3. The van der Waals surface area contributed by atoms with Gasteiger partial charge in [-0.1, -0.05) is 24.3 Å². The fourth-order valence-electron chi connectivity index (χ4n) is 2.46. The zero-order valence-corrected chi connectivity index (χ0v) is 15.2. The first-order chi connectivity index (χ1) is 13.5. The van der Waals surface area contributed by atoms with Gasteiger partial charge in [0, 0.05) is 7.05 Å². The molecular weight excluding hydrogens is 364 g/mol. The monoisotopic (exact) mass is 382 g/mol. The number of aryl methyl sites for hydroxylation is 1. The van der Waals surface area contributed by atoms with E-state index in [4.69, 9.17) is 10.5 Å². The van der Waals surface area contributed by atoms with Crippen LogP contribution in [0, 0.1) is 0 Å². The lowest BCUT2D eigenvalue weighted by Crippen LogP contribution is -2.18. The van der Waals surface area contributed by atoms with Crippen LogP contribution in [-0.2, 0) is 11.8 Å². The van der Waals surface area contributed by atoms with Gasteiger partial charge in [0.05, 0.1) is 29.2 Å². The molecule has 0 atom stereocenters. The highest BCUT2D eigenvalue weighted by molar-refractivity contribution is 5.86. The fourth-order valence-corrected chi connectivity index (χ4v) is 2.46. The predicted octanol–water partition coefficient (Wildman–Crippen LogP) is 2.77. The number of nitrogens with zero attached hydrogens (tertiary/aromatic N) is 3. The Morgan fingerprint density at radius 2 is 1.75 bits per heavy atom. The number of carbonyl (C=O) groups is 2. The first-order valence-electron chi connectivity index (χ1n) is 8.16. The molecular formula is C18H18N6O4. The molecule has 4 N–H and O–H groups in total. The minimum atomic E-state index is -0.858. The summed E-state index contributed by atoms with van der Waals surface area (Å²) in [6.45, 7) is 0. The Labute approximate surface area is 159 Å². The van der Waals surface area contributed by atoms with Gasteiger partial charge in [-0.3, -0.25) is 9.88 Å². The van der Waals surface area contributed by atoms with Crippen molar-refractivity contribution in [3.8, 4) is 6.01 Å². The molecule has 0 aliphatic rings. The predicted molar refractivity (Wildman–Crippen MR) is 103 cm³/mol. The van der Waals surface area contributed by atoms with E-state index in [1.54, 1.807) is 11.6 Å². The number of H-pyrrole nitrogens is 1. The molecule has 10 heteroatoms. The average molecular weight is 382 g/mol. The second kappa shape index (κ2) is 8.08. The molecule has 2 aromatic heterocycles. The lowest BCUT2D eigenvalue weighted by Gasteiger charge is -1.99. The van der Waals surface area contributed by atoms with Crippen molar-refractivity contribution in [1.29, 1.82) is 0 Å². The molecule has 0 aliphatic heterocycles. The van der Waals surface area contributed by atoms with Crippen LogP contribution in [0.15, 0.2) is 48.5 Å². The number of anilines is 1. The van der Waals surface area contributed by atoms with Crippen molar-refractivity contribution in [3.63, 3.8) is 0 Å². The van der Waals surface area contributed by atoms with Gasteiger partial charge in [0.15, 0.2) is 0 Å². The second-order valence-corrected chi connectivity index (χ2v) is 5.58. The summed E-state index contributed by atoms with van der Waals surface area (Å²) in [4.78, 5) is 32.6. The number of amides is 2. The molecule has 4 rings (SSSR count).